The Morgan fingerprint density at radius 2 is 1.90 bits per heavy atom. The predicted octanol–water partition coefficient (Wildman–Crippen LogP) is 4.05. The summed E-state index contributed by atoms with van der Waals surface area (Å²) in [5, 5.41) is 6.55. The van der Waals surface area contributed by atoms with Gasteiger partial charge in [-0.05, 0) is 50.5 Å². The van der Waals surface area contributed by atoms with E-state index >= 15 is 0 Å². The van der Waals surface area contributed by atoms with Crippen molar-refractivity contribution in [1.29, 1.82) is 0 Å². The third-order valence-electron chi connectivity index (χ3n) is 6.61. The Morgan fingerprint density at radius 1 is 1.14 bits per heavy atom. The van der Waals surface area contributed by atoms with Crippen molar-refractivity contribution >= 4 is 29.0 Å². The first-order valence-electron chi connectivity index (χ1n) is 10.4. The lowest BCUT2D eigenvalue weighted by atomic mass is 9.89. The van der Waals surface area contributed by atoms with Crippen molar-refractivity contribution in [2.75, 3.05) is 5.32 Å². The Kier molecular flexibility index (Phi) is 4.57. The summed E-state index contributed by atoms with van der Waals surface area (Å²) in [7, 11) is 0. The van der Waals surface area contributed by atoms with Crippen LogP contribution in [0, 0.1) is 0 Å². The van der Waals surface area contributed by atoms with Crippen molar-refractivity contribution in [1.82, 2.24) is 19.9 Å². The van der Waals surface area contributed by atoms with Crippen molar-refractivity contribution < 1.29 is 4.79 Å². The highest BCUT2D eigenvalue weighted by atomic mass is 35.5. The lowest BCUT2D eigenvalue weighted by molar-refractivity contribution is 0.0877. The van der Waals surface area contributed by atoms with Crippen LogP contribution in [0.1, 0.15) is 79.8 Å². The molecular weight excluding hydrogens is 390 g/mol. The average molecular weight is 414 g/mol. The standard InChI is InChI=1S/C21H24ClN5O2/c22-15-10-16(25-18-14(11-23-12-24-18)13-6-2-3-7-13)20(29)27-17(15)19(28)26-21(27)8-4-1-5-9-21/h10-13H,1-9H2,(H,26,28)(H,23,24,25). The molecule has 0 radical (unpaired) electrons. The molecule has 0 bridgehead atoms. The quantitative estimate of drug-likeness (QED) is 0.792. The van der Waals surface area contributed by atoms with Gasteiger partial charge in [-0.2, -0.15) is 0 Å². The van der Waals surface area contributed by atoms with Crippen LogP contribution in [0.4, 0.5) is 11.5 Å². The molecule has 8 heteroatoms. The molecule has 1 amide bonds. The molecule has 0 saturated heterocycles. The van der Waals surface area contributed by atoms with Crippen molar-refractivity contribution in [2.45, 2.75) is 69.4 Å². The zero-order valence-corrected chi connectivity index (χ0v) is 17.0. The minimum atomic E-state index is -0.664. The SMILES string of the molecule is O=C1NC2(CCCCC2)n2c1c(Cl)cc(Nc1ncncc1C1CCCC1)c2=O. The topological polar surface area (TPSA) is 88.9 Å². The van der Waals surface area contributed by atoms with E-state index in [4.69, 9.17) is 11.6 Å². The number of fused-ring (bicyclic) bond motifs is 2. The minimum Gasteiger partial charge on any atom is -0.335 e. The Balaban J connectivity index is 1.59. The van der Waals surface area contributed by atoms with E-state index in [9.17, 15) is 9.59 Å². The summed E-state index contributed by atoms with van der Waals surface area (Å²) >= 11 is 6.48. The molecule has 3 heterocycles. The number of nitrogens with zero attached hydrogens (tertiary/aromatic N) is 3. The molecule has 1 spiro atoms. The summed E-state index contributed by atoms with van der Waals surface area (Å²) in [6, 6.07) is 1.55. The number of pyridine rings is 1. The lowest BCUT2D eigenvalue weighted by Crippen LogP contribution is -2.48. The number of anilines is 2. The average Bonchev–Trinajstić information content (AvgIpc) is 3.34. The van der Waals surface area contributed by atoms with E-state index in [1.807, 2.05) is 6.20 Å². The van der Waals surface area contributed by atoms with Gasteiger partial charge < -0.3 is 10.6 Å². The highest BCUT2D eigenvalue weighted by Crippen LogP contribution is 2.40. The monoisotopic (exact) mass is 413 g/mol. The highest BCUT2D eigenvalue weighted by molar-refractivity contribution is 6.34. The van der Waals surface area contributed by atoms with E-state index in [2.05, 4.69) is 20.6 Å². The lowest BCUT2D eigenvalue weighted by Gasteiger charge is -2.35. The molecule has 2 N–H and O–H groups in total. The molecule has 7 nitrogen and oxygen atoms in total. The zero-order valence-electron chi connectivity index (χ0n) is 16.2. The molecular formula is C21H24ClN5O2. The van der Waals surface area contributed by atoms with E-state index in [1.54, 1.807) is 10.6 Å². The predicted molar refractivity (Wildman–Crippen MR) is 111 cm³/mol. The maximum atomic E-state index is 13.5. The van der Waals surface area contributed by atoms with Crippen LogP contribution in [0.3, 0.4) is 0 Å². The van der Waals surface area contributed by atoms with Gasteiger partial charge in [0.1, 0.15) is 29.2 Å². The van der Waals surface area contributed by atoms with E-state index in [-0.39, 0.29) is 22.2 Å². The number of halogens is 1. The van der Waals surface area contributed by atoms with Crippen LogP contribution in [0.2, 0.25) is 5.02 Å². The third-order valence-corrected chi connectivity index (χ3v) is 6.90. The third kappa shape index (κ3) is 3.03. The summed E-state index contributed by atoms with van der Waals surface area (Å²) in [4.78, 5) is 34.7. The molecule has 2 saturated carbocycles. The molecule has 1 aliphatic heterocycles. The first-order chi connectivity index (χ1) is 14.1. The summed E-state index contributed by atoms with van der Waals surface area (Å²) in [6.45, 7) is 0. The van der Waals surface area contributed by atoms with E-state index < -0.39 is 5.66 Å². The molecule has 152 valence electrons. The minimum absolute atomic E-state index is 0.236. The van der Waals surface area contributed by atoms with Crippen molar-refractivity contribution in [3.63, 3.8) is 0 Å². The van der Waals surface area contributed by atoms with Gasteiger partial charge >= 0.3 is 0 Å². The van der Waals surface area contributed by atoms with Gasteiger partial charge in [0.25, 0.3) is 11.5 Å². The van der Waals surface area contributed by atoms with Crippen LogP contribution in [0.5, 0.6) is 0 Å². The van der Waals surface area contributed by atoms with Gasteiger partial charge in [0.05, 0.1) is 5.02 Å². The first-order valence-corrected chi connectivity index (χ1v) is 10.8. The van der Waals surface area contributed by atoms with Crippen LogP contribution in [-0.2, 0) is 5.66 Å². The summed E-state index contributed by atoms with van der Waals surface area (Å²) in [5.74, 6) is 0.782. The van der Waals surface area contributed by atoms with E-state index in [0.717, 1.165) is 50.5 Å². The van der Waals surface area contributed by atoms with Gasteiger partial charge in [0.2, 0.25) is 0 Å². The maximum absolute atomic E-state index is 13.5. The number of nitrogens with one attached hydrogen (secondary N) is 2. The highest BCUT2D eigenvalue weighted by Gasteiger charge is 2.45. The molecule has 0 atom stereocenters. The Morgan fingerprint density at radius 3 is 2.66 bits per heavy atom. The number of hydrogen-bond acceptors (Lipinski definition) is 5. The molecule has 29 heavy (non-hydrogen) atoms. The fourth-order valence-electron chi connectivity index (χ4n) is 5.21. The molecule has 2 aliphatic carbocycles. The number of carbonyl (C=O) groups excluding carboxylic acids is 1. The van der Waals surface area contributed by atoms with Crippen molar-refractivity contribution in [3.05, 3.63) is 45.2 Å². The van der Waals surface area contributed by atoms with Gasteiger partial charge in [-0.25, -0.2) is 9.97 Å². The Hall–Kier alpha value is -2.41. The summed E-state index contributed by atoms with van der Waals surface area (Å²) in [5.41, 5.74) is 0.748. The fraction of sp³-hybridized carbons (Fsp3) is 0.524. The molecule has 0 unspecified atom stereocenters. The number of carbonyl (C=O) groups is 1. The summed E-state index contributed by atoms with van der Waals surface area (Å²) in [6.07, 6.45) is 12.5. The van der Waals surface area contributed by atoms with Crippen LogP contribution in [-0.4, -0.2) is 20.4 Å². The first kappa shape index (κ1) is 18.6. The molecule has 2 aromatic rings. The van der Waals surface area contributed by atoms with Crippen molar-refractivity contribution in [2.24, 2.45) is 0 Å². The molecule has 3 aliphatic rings. The summed E-state index contributed by atoms with van der Waals surface area (Å²) < 4.78 is 1.59. The van der Waals surface area contributed by atoms with E-state index in [1.165, 1.54) is 19.2 Å². The van der Waals surface area contributed by atoms with E-state index in [0.29, 0.717) is 17.4 Å². The van der Waals surface area contributed by atoms with Gasteiger partial charge in [-0.1, -0.05) is 30.9 Å². The largest absolute Gasteiger partial charge is 0.335 e. The normalized spacial score (nSPS) is 20.7. The second kappa shape index (κ2) is 7.13. The van der Waals surface area contributed by atoms with Crippen LogP contribution >= 0.6 is 11.6 Å². The Bertz CT molecular complexity index is 1020. The van der Waals surface area contributed by atoms with Gasteiger partial charge in [0.15, 0.2) is 0 Å². The zero-order chi connectivity index (χ0) is 20.0. The number of amides is 1. The molecule has 2 fully saturated rings. The molecule has 2 aromatic heterocycles. The van der Waals surface area contributed by atoms with Gasteiger partial charge in [0, 0.05) is 11.8 Å². The molecule has 0 aromatic carbocycles. The number of rotatable bonds is 3. The van der Waals surface area contributed by atoms with Gasteiger partial charge in [-0.15, -0.1) is 0 Å². The number of hydrogen-bond donors (Lipinski definition) is 2. The second-order valence-electron chi connectivity index (χ2n) is 8.37. The number of aromatic nitrogens is 3. The van der Waals surface area contributed by atoms with Gasteiger partial charge in [-0.3, -0.25) is 14.2 Å². The van der Waals surface area contributed by atoms with Crippen LogP contribution in [0.25, 0.3) is 0 Å². The second-order valence-corrected chi connectivity index (χ2v) is 8.78. The van der Waals surface area contributed by atoms with Crippen molar-refractivity contribution in [3.8, 4) is 0 Å². The molecule has 5 rings (SSSR count). The Labute approximate surface area is 173 Å². The fourth-order valence-corrected chi connectivity index (χ4v) is 5.49. The smallest absolute Gasteiger partial charge is 0.276 e. The van der Waals surface area contributed by atoms with Crippen LogP contribution < -0.4 is 16.2 Å². The van der Waals surface area contributed by atoms with Crippen LogP contribution in [0.15, 0.2) is 23.4 Å². The maximum Gasteiger partial charge on any atom is 0.276 e.